The number of urea groups is 1. The molecule has 3 atom stereocenters. The van der Waals surface area contributed by atoms with Crippen molar-refractivity contribution < 1.29 is 34.1 Å². The van der Waals surface area contributed by atoms with E-state index in [1.807, 2.05) is 63.2 Å². The first-order valence-electron chi connectivity index (χ1n) is 14.4. The van der Waals surface area contributed by atoms with Crippen LogP contribution in [0.1, 0.15) is 41.1 Å². The van der Waals surface area contributed by atoms with Crippen molar-refractivity contribution in [2.24, 2.45) is 0 Å². The van der Waals surface area contributed by atoms with Gasteiger partial charge in [0.1, 0.15) is 17.8 Å². The number of anilines is 1. The van der Waals surface area contributed by atoms with Crippen molar-refractivity contribution >= 4 is 29.4 Å². The minimum Gasteiger partial charge on any atom is -0.484 e. The standard InChI is InChI=1S/C33H38N4O7/c1-21-9-14-27(22(2)19-21)34-31(41)30(23(3)24-7-5-4-6-8-24)37-32(42)29(35-33(37)43)25-10-12-26(13-11-25)44-20-28(40)36(15-17-38)16-18-39/h4-14,19,23,29-30,38-39H,15-18,20H2,1-3H3,(H,34,41)(H,35,43)/t23?,29-,30?/m1/s1. The third-order valence-electron chi connectivity index (χ3n) is 7.62. The number of amides is 5. The maximum Gasteiger partial charge on any atom is 0.325 e. The molecule has 1 aliphatic rings. The molecule has 44 heavy (non-hydrogen) atoms. The van der Waals surface area contributed by atoms with Gasteiger partial charge < -0.3 is 30.5 Å². The zero-order valence-corrected chi connectivity index (χ0v) is 25.0. The molecule has 0 aliphatic carbocycles. The molecule has 1 aliphatic heterocycles. The lowest BCUT2D eigenvalue weighted by Gasteiger charge is -2.30. The molecule has 3 aromatic rings. The lowest BCUT2D eigenvalue weighted by Crippen LogP contribution is -2.50. The second kappa shape index (κ2) is 14.6. The second-order valence-electron chi connectivity index (χ2n) is 10.7. The van der Waals surface area contributed by atoms with Crippen molar-refractivity contribution in [3.63, 3.8) is 0 Å². The van der Waals surface area contributed by atoms with E-state index in [2.05, 4.69) is 10.6 Å². The Kier molecular flexibility index (Phi) is 10.7. The first-order valence-corrected chi connectivity index (χ1v) is 14.4. The Balaban J connectivity index is 1.53. The van der Waals surface area contributed by atoms with Crippen LogP contribution in [0.25, 0.3) is 0 Å². The highest BCUT2D eigenvalue weighted by Gasteiger charge is 2.47. The van der Waals surface area contributed by atoms with Gasteiger partial charge in [0, 0.05) is 24.7 Å². The van der Waals surface area contributed by atoms with E-state index in [1.165, 1.54) is 4.90 Å². The Morgan fingerprint density at radius 3 is 2.25 bits per heavy atom. The number of aliphatic hydroxyl groups excluding tert-OH is 2. The molecular weight excluding hydrogens is 564 g/mol. The number of nitrogens with one attached hydrogen (secondary N) is 2. The first-order chi connectivity index (χ1) is 21.1. The highest BCUT2D eigenvalue weighted by Crippen LogP contribution is 2.32. The minimum atomic E-state index is -1.13. The molecular formula is C33H38N4O7. The number of hydrogen-bond acceptors (Lipinski definition) is 7. The van der Waals surface area contributed by atoms with Crippen LogP contribution in [0.4, 0.5) is 10.5 Å². The van der Waals surface area contributed by atoms with E-state index in [0.29, 0.717) is 17.0 Å². The Morgan fingerprint density at radius 2 is 1.64 bits per heavy atom. The van der Waals surface area contributed by atoms with Crippen molar-refractivity contribution in [2.45, 2.75) is 38.8 Å². The van der Waals surface area contributed by atoms with Crippen LogP contribution in [-0.2, 0) is 14.4 Å². The smallest absolute Gasteiger partial charge is 0.325 e. The van der Waals surface area contributed by atoms with Crippen molar-refractivity contribution in [3.05, 3.63) is 95.1 Å². The van der Waals surface area contributed by atoms with E-state index in [9.17, 15) is 19.2 Å². The fraction of sp³-hybridized carbons (Fsp3) is 0.333. The fourth-order valence-electron chi connectivity index (χ4n) is 5.25. The summed E-state index contributed by atoms with van der Waals surface area (Å²) in [5.41, 5.74) is 3.77. The summed E-state index contributed by atoms with van der Waals surface area (Å²) in [7, 11) is 0. The summed E-state index contributed by atoms with van der Waals surface area (Å²) in [6.07, 6.45) is 0. The van der Waals surface area contributed by atoms with E-state index in [1.54, 1.807) is 30.3 Å². The lowest BCUT2D eigenvalue weighted by molar-refractivity contribution is -0.134. The molecule has 4 rings (SSSR count). The van der Waals surface area contributed by atoms with Crippen LogP contribution in [0.2, 0.25) is 0 Å². The first kappa shape index (κ1) is 32.2. The molecule has 3 aromatic carbocycles. The molecule has 0 aromatic heterocycles. The van der Waals surface area contributed by atoms with Gasteiger partial charge in [-0.3, -0.25) is 14.4 Å². The molecule has 11 heteroatoms. The van der Waals surface area contributed by atoms with E-state index in [4.69, 9.17) is 14.9 Å². The van der Waals surface area contributed by atoms with Crippen LogP contribution in [0, 0.1) is 13.8 Å². The van der Waals surface area contributed by atoms with Gasteiger partial charge in [0.2, 0.25) is 5.91 Å². The van der Waals surface area contributed by atoms with Gasteiger partial charge in [0.25, 0.3) is 11.8 Å². The number of aryl methyl sites for hydroxylation is 2. The third-order valence-corrected chi connectivity index (χ3v) is 7.62. The quantitative estimate of drug-likeness (QED) is 0.220. The van der Waals surface area contributed by atoms with Gasteiger partial charge in [-0.15, -0.1) is 0 Å². The Hall–Kier alpha value is -4.74. The molecule has 232 valence electrons. The molecule has 4 N–H and O–H groups in total. The van der Waals surface area contributed by atoms with Crippen molar-refractivity contribution in [2.75, 3.05) is 38.2 Å². The lowest BCUT2D eigenvalue weighted by atomic mass is 9.91. The molecule has 0 bridgehead atoms. The van der Waals surface area contributed by atoms with Gasteiger partial charge in [0.15, 0.2) is 6.61 Å². The molecule has 1 saturated heterocycles. The maximum atomic E-state index is 13.8. The number of ether oxygens (including phenoxy) is 1. The topological polar surface area (TPSA) is 149 Å². The van der Waals surface area contributed by atoms with Gasteiger partial charge in [-0.1, -0.05) is 67.1 Å². The number of benzene rings is 3. The molecule has 11 nitrogen and oxygen atoms in total. The summed E-state index contributed by atoms with van der Waals surface area (Å²) in [6.45, 7) is 5.02. The third kappa shape index (κ3) is 7.42. The number of hydrogen-bond donors (Lipinski definition) is 4. The van der Waals surface area contributed by atoms with Crippen molar-refractivity contribution in [3.8, 4) is 5.75 Å². The van der Waals surface area contributed by atoms with E-state index in [-0.39, 0.29) is 32.9 Å². The SMILES string of the molecule is Cc1ccc(NC(=O)C(C(C)c2ccccc2)N2C(=O)N[C@H](c3ccc(OCC(=O)N(CCO)CCO)cc3)C2=O)c(C)c1. The predicted octanol–water partition coefficient (Wildman–Crippen LogP) is 2.90. The van der Waals surface area contributed by atoms with Crippen molar-refractivity contribution in [1.82, 2.24) is 15.1 Å². The molecule has 2 unspecified atom stereocenters. The summed E-state index contributed by atoms with van der Waals surface area (Å²) < 4.78 is 5.56. The number of aliphatic hydroxyl groups is 2. The summed E-state index contributed by atoms with van der Waals surface area (Å²) in [4.78, 5) is 55.6. The molecule has 1 fully saturated rings. The predicted molar refractivity (Wildman–Crippen MR) is 164 cm³/mol. The Bertz CT molecular complexity index is 1470. The molecule has 0 radical (unpaired) electrons. The summed E-state index contributed by atoms with van der Waals surface area (Å²) >= 11 is 0. The van der Waals surface area contributed by atoms with E-state index >= 15 is 0 Å². The highest BCUT2D eigenvalue weighted by atomic mass is 16.5. The molecule has 0 spiro atoms. The summed E-state index contributed by atoms with van der Waals surface area (Å²) in [5, 5.41) is 23.9. The minimum absolute atomic E-state index is 0.0776. The second-order valence-corrected chi connectivity index (χ2v) is 10.7. The van der Waals surface area contributed by atoms with Gasteiger partial charge in [0.05, 0.1) is 13.2 Å². The van der Waals surface area contributed by atoms with Crippen LogP contribution in [0.3, 0.4) is 0 Å². The summed E-state index contributed by atoms with van der Waals surface area (Å²) in [5.74, 6) is -1.61. The molecule has 1 heterocycles. The van der Waals surface area contributed by atoms with Gasteiger partial charge in [-0.25, -0.2) is 9.69 Å². The Labute approximate surface area is 256 Å². The average Bonchev–Trinajstić information content (AvgIpc) is 3.31. The van der Waals surface area contributed by atoms with Gasteiger partial charge >= 0.3 is 6.03 Å². The number of imide groups is 1. The number of nitrogens with zero attached hydrogens (tertiary/aromatic N) is 2. The number of carbonyl (C=O) groups excluding carboxylic acids is 4. The largest absolute Gasteiger partial charge is 0.484 e. The Morgan fingerprint density at radius 1 is 0.977 bits per heavy atom. The molecule has 5 amide bonds. The summed E-state index contributed by atoms with van der Waals surface area (Å²) in [6, 6.07) is 18.4. The normalized spacial score (nSPS) is 15.8. The molecule has 0 saturated carbocycles. The van der Waals surface area contributed by atoms with Crippen LogP contribution in [0.15, 0.2) is 72.8 Å². The fourth-order valence-corrected chi connectivity index (χ4v) is 5.25. The zero-order chi connectivity index (χ0) is 31.8. The van der Waals surface area contributed by atoms with Gasteiger partial charge in [-0.2, -0.15) is 0 Å². The van der Waals surface area contributed by atoms with Crippen LogP contribution >= 0.6 is 0 Å². The number of rotatable bonds is 13. The van der Waals surface area contributed by atoms with Crippen LogP contribution < -0.4 is 15.4 Å². The van der Waals surface area contributed by atoms with Crippen LogP contribution in [-0.4, -0.2) is 82.7 Å². The zero-order valence-electron chi connectivity index (χ0n) is 25.0. The highest BCUT2D eigenvalue weighted by molar-refractivity contribution is 6.10. The monoisotopic (exact) mass is 602 g/mol. The van der Waals surface area contributed by atoms with Crippen LogP contribution in [0.5, 0.6) is 5.75 Å². The maximum absolute atomic E-state index is 13.8. The van der Waals surface area contributed by atoms with E-state index < -0.39 is 41.8 Å². The van der Waals surface area contributed by atoms with E-state index in [0.717, 1.165) is 21.6 Å². The number of carbonyl (C=O) groups is 4. The van der Waals surface area contributed by atoms with Crippen molar-refractivity contribution in [1.29, 1.82) is 0 Å². The average molecular weight is 603 g/mol. The van der Waals surface area contributed by atoms with Gasteiger partial charge in [-0.05, 0) is 48.7 Å².